The Morgan fingerprint density at radius 2 is 1.90 bits per heavy atom. The van der Waals surface area contributed by atoms with Gasteiger partial charge in [-0.2, -0.15) is 0 Å². The van der Waals surface area contributed by atoms with Gasteiger partial charge in [-0.25, -0.2) is 9.78 Å². The van der Waals surface area contributed by atoms with E-state index in [-0.39, 0.29) is 11.9 Å². The van der Waals surface area contributed by atoms with Gasteiger partial charge in [-0.3, -0.25) is 4.79 Å². The minimum absolute atomic E-state index is 0.113. The van der Waals surface area contributed by atoms with E-state index in [0.717, 1.165) is 27.6 Å². The van der Waals surface area contributed by atoms with Crippen LogP contribution in [-0.2, 0) is 19.4 Å². The molecule has 1 aliphatic rings. The number of fused-ring (bicyclic) bond motifs is 1. The maximum atomic E-state index is 12.6. The van der Waals surface area contributed by atoms with E-state index in [4.69, 9.17) is 4.74 Å². The zero-order valence-electron chi connectivity index (χ0n) is 17.3. The summed E-state index contributed by atoms with van der Waals surface area (Å²) in [6.45, 7) is 1.58. The minimum Gasteiger partial charge on any atom is -0.497 e. The van der Waals surface area contributed by atoms with E-state index in [2.05, 4.69) is 15.6 Å². The molecule has 2 aromatic carbocycles. The second-order valence-corrected chi connectivity index (χ2v) is 8.29. The standard InChI is InChI=1S/C23H24N4O3S/c1-30-18-9-5-6-16(14-18)15-24-21(28)22-26-19-10-12-27(13-11-20(19)31-22)23(29)25-17-7-3-2-4-8-17/h2-9,14H,10-13,15H2,1H3,(H,24,28)(H,25,29). The molecular weight excluding hydrogens is 412 g/mol. The third-order valence-corrected chi connectivity index (χ3v) is 6.26. The summed E-state index contributed by atoms with van der Waals surface area (Å²) in [6, 6.07) is 16.9. The molecule has 160 valence electrons. The number of para-hydroxylation sites is 1. The summed E-state index contributed by atoms with van der Waals surface area (Å²) in [7, 11) is 1.62. The minimum atomic E-state index is -0.181. The number of aromatic nitrogens is 1. The Bertz CT molecular complexity index is 1040. The number of rotatable bonds is 5. The Labute approximate surface area is 185 Å². The summed E-state index contributed by atoms with van der Waals surface area (Å²) in [5, 5.41) is 6.32. The lowest BCUT2D eigenvalue weighted by Gasteiger charge is -2.20. The predicted octanol–water partition coefficient (Wildman–Crippen LogP) is 3.71. The summed E-state index contributed by atoms with van der Waals surface area (Å²) in [4.78, 5) is 32.6. The molecule has 3 amide bonds. The van der Waals surface area contributed by atoms with Crippen molar-refractivity contribution in [1.29, 1.82) is 0 Å². The average molecular weight is 437 g/mol. The van der Waals surface area contributed by atoms with E-state index in [0.29, 0.717) is 37.5 Å². The predicted molar refractivity (Wildman–Crippen MR) is 121 cm³/mol. The SMILES string of the molecule is COc1cccc(CNC(=O)c2nc3c(s2)CCN(C(=O)Nc2ccccc2)CC3)c1. The third kappa shape index (κ3) is 5.21. The number of anilines is 1. The number of thiazole rings is 1. The molecular formula is C23H24N4O3S. The molecule has 0 atom stereocenters. The van der Waals surface area contributed by atoms with Crippen LogP contribution in [0.1, 0.15) is 25.9 Å². The van der Waals surface area contributed by atoms with Crippen molar-refractivity contribution < 1.29 is 14.3 Å². The molecule has 2 heterocycles. The number of urea groups is 1. The van der Waals surface area contributed by atoms with Crippen molar-refractivity contribution in [2.45, 2.75) is 19.4 Å². The van der Waals surface area contributed by atoms with Crippen LogP contribution in [0.15, 0.2) is 54.6 Å². The summed E-state index contributed by atoms with van der Waals surface area (Å²) in [6.07, 6.45) is 1.33. The first-order chi connectivity index (χ1) is 15.1. The molecule has 2 N–H and O–H groups in total. The van der Waals surface area contributed by atoms with Crippen LogP contribution in [-0.4, -0.2) is 42.0 Å². The quantitative estimate of drug-likeness (QED) is 0.639. The smallest absolute Gasteiger partial charge is 0.321 e. The van der Waals surface area contributed by atoms with Crippen molar-refractivity contribution >= 4 is 29.0 Å². The van der Waals surface area contributed by atoms with Gasteiger partial charge in [0.15, 0.2) is 5.01 Å². The van der Waals surface area contributed by atoms with E-state index in [1.165, 1.54) is 11.3 Å². The first-order valence-electron chi connectivity index (χ1n) is 10.1. The summed E-state index contributed by atoms with van der Waals surface area (Å²) >= 11 is 1.41. The van der Waals surface area contributed by atoms with Gasteiger partial charge in [-0.1, -0.05) is 30.3 Å². The van der Waals surface area contributed by atoms with Crippen LogP contribution in [0.25, 0.3) is 0 Å². The first-order valence-corrected chi connectivity index (χ1v) is 10.9. The molecule has 0 radical (unpaired) electrons. The number of hydrogen-bond acceptors (Lipinski definition) is 5. The number of amides is 3. The molecule has 0 aliphatic carbocycles. The van der Waals surface area contributed by atoms with Crippen LogP contribution >= 0.6 is 11.3 Å². The second-order valence-electron chi connectivity index (χ2n) is 7.21. The lowest BCUT2D eigenvalue weighted by molar-refractivity contribution is 0.0950. The van der Waals surface area contributed by atoms with E-state index >= 15 is 0 Å². The number of nitrogens with zero attached hydrogens (tertiary/aromatic N) is 2. The Kier molecular flexibility index (Phi) is 6.47. The van der Waals surface area contributed by atoms with Gasteiger partial charge in [0, 0.05) is 43.0 Å². The lowest BCUT2D eigenvalue weighted by Crippen LogP contribution is -2.36. The highest BCUT2D eigenvalue weighted by Crippen LogP contribution is 2.23. The maximum Gasteiger partial charge on any atom is 0.321 e. The number of carbonyl (C=O) groups excluding carboxylic acids is 2. The Balaban J connectivity index is 1.33. The van der Waals surface area contributed by atoms with E-state index in [1.54, 1.807) is 12.0 Å². The average Bonchev–Trinajstić information content (AvgIpc) is 3.11. The molecule has 0 saturated carbocycles. The Morgan fingerprint density at radius 1 is 1.10 bits per heavy atom. The van der Waals surface area contributed by atoms with Gasteiger partial charge in [0.25, 0.3) is 5.91 Å². The van der Waals surface area contributed by atoms with Crippen molar-refractivity contribution in [3.63, 3.8) is 0 Å². The van der Waals surface area contributed by atoms with E-state index in [1.807, 2.05) is 54.6 Å². The number of hydrogen-bond donors (Lipinski definition) is 2. The summed E-state index contributed by atoms with van der Waals surface area (Å²) < 4.78 is 5.22. The number of carbonyl (C=O) groups is 2. The molecule has 4 rings (SSSR count). The molecule has 31 heavy (non-hydrogen) atoms. The van der Waals surface area contributed by atoms with Crippen molar-refractivity contribution in [2.24, 2.45) is 0 Å². The van der Waals surface area contributed by atoms with Crippen LogP contribution in [0.5, 0.6) is 5.75 Å². The normalized spacial score (nSPS) is 13.1. The van der Waals surface area contributed by atoms with E-state index < -0.39 is 0 Å². The topological polar surface area (TPSA) is 83.6 Å². The molecule has 3 aromatic rings. The molecule has 0 spiro atoms. The van der Waals surface area contributed by atoms with Gasteiger partial charge in [-0.15, -0.1) is 11.3 Å². The van der Waals surface area contributed by atoms with Crippen molar-refractivity contribution in [3.05, 3.63) is 75.7 Å². The lowest BCUT2D eigenvalue weighted by atomic mass is 10.2. The molecule has 1 aliphatic heterocycles. The fourth-order valence-electron chi connectivity index (χ4n) is 3.43. The van der Waals surface area contributed by atoms with E-state index in [9.17, 15) is 9.59 Å². The molecule has 0 saturated heterocycles. The molecule has 1 aromatic heterocycles. The molecule has 0 fully saturated rings. The van der Waals surface area contributed by atoms with Crippen LogP contribution < -0.4 is 15.4 Å². The number of methoxy groups -OCH3 is 1. The molecule has 0 bridgehead atoms. The monoisotopic (exact) mass is 436 g/mol. The zero-order valence-corrected chi connectivity index (χ0v) is 18.1. The highest BCUT2D eigenvalue weighted by Gasteiger charge is 2.23. The summed E-state index contributed by atoms with van der Waals surface area (Å²) in [5.41, 5.74) is 2.65. The van der Waals surface area contributed by atoms with Gasteiger partial charge in [0.2, 0.25) is 0 Å². The van der Waals surface area contributed by atoms with Crippen LogP contribution in [0.2, 0.25) is 0 Å². The second kappa shape index (κ2) is 9.61. The number of nitrogens with one attached hydrogen (secondary N) is 2. The molecule has 8 heteroatoms. The fraction of sp³-hybridized carbons (Fsp3) is 0.261. The molecule has 7 nitrogen and oxygen atoms in total. The van der Waals surface area contributed by atoms with Crippen LogP contribution in [0.3, 0.4) is 0 Å². The largest absolute Gasteiger partial charge is 0.497 e. The first kappa shape index (κ1) is 20.9. The highest BCUT2D eigenvalue weighted by atomic mass is 32.1. The number of ether oxygens (including phenoxy) is 1. The Hall–Kier alpha value is -3.39. The number of benzene rings is 2. The highest BCUT2D eigenvalue weighted by molar-refractivity contribution is 7.13. The zero-order chi connectivity index (χ0) is 21.6. The van der Waals surface area contributed by atoms with Crippen LogP contribution in [0.4, 0.5) is 10.5 Å². The van der Waals surface area contributed by atoms with Gasteiger partial charge in [-0.05, 0) is 29.8 Å². The van der Waals surface area contributed by atoms with Gasteiger partial charge < -0.3 is 20.3 Å². The van der Waals surface area contributed by atoms with Crippen molar-refractivity contribution in [1.82, 2.24) is 15.2 Å². The van der Waals surface area contributed by atoms with Crippen molar-refractivity contribution in [3.8, 4) is 5.75 Å². The van der Waals surface area contributed by atoms with Crippen molar-refractivity contribution in [2.75, 3.05) is 25.5 Å². The molecule has 0 unspecified atom stereocenters. The fourth-order valence-corrected chi connectivity index (χ4v) is 4.44. The third-order valence-electron chi connectivity index (χ3n) is 5.10. The summed E-state index contributed by atoms with van der Waals surface area (Å²) in [5.74, 6) is 0.577. The van der Waals surface area contributed by atoms with Gasteiger partial charge in [0.05, 0.1) is 12.8 Å². The van der Waals surface area contributed by atoms with Gasteiger partial charge in [0.1, 0.15) is 5.75 Å². The Morgan fingerprint density at radius 3 is 2.71 bits per heavy atom. The van der Waals surface area contributed by atoms with Crippen LogP contribution in [0, 0.1) is 0 Å². The maximum absolute atomic E-state index is 12.6. The van der Waals surface area contributed by atoms with Gasteiger partial charge >= 0.3 is 6.03 Å².